The van der Waals surface area contributed by atoms with E-state index in [9.17, 15) is 18.0 Å². The molecule has 0 radical (unpaired) electrons. The van der Waals surface area contributed by atoms with Crippen LogP contribution in [0.15, 0.2) is 18.2 Å². The van der Waals surface area contributed by atoms with Crippen LogP contribution in [-0.2, 0) is 0 Å². The Balaban J connectivity index is 2.40. The average molecular weight is 337 g/mol. The second-order valence-corrected chi connectivity index (χ2v) is 5.91. The molecule has 0 aliphatic heterocycles. The number of carbonyl (C=O) groups excluding carboxylic acids is 1. The first-order valence-electron chi connectivity index (χ1n) is 6.06. The van der Waals surface area contributed by atoms with Gasteiger partial charge in [0, 0.05) is 21.7 Å². The summed E-state index contributed by atoms with van der Waals surface area (Å²) in [4.78, 5) is 13.1. The highest BCUT2D eigenvalue weighted by atomic mass is 35.5. The first-order chi connectivity index (χ1) is 9.73. The normalized spacial score (nSPS) is 11.9. The van der Waals surface area contributed by atoms with Crippen LogP contribution in [0.4, 0.5) is 18.9 Å². The van der Waals surface area contributed by atoms with Crippen LogP contribution in [0.2, 0.25) is 5.02 Å². The van der Waals surface area contributed by atoms with Crippen molar-refractivity contribution in [2.45, 2.75) is 13.1 Å². The Labute approximate surface area is 128 Å². The molecule has 0 aliphatic rings. The molecule has 0 atom stereocenters. The minimum absolute atomic E-state index is 0.0488. The monoisotopic (exact) mass is 336 g/mol. The summed E-state index contributed by atoms with van der Waals surface area (Å²) in [5.41, 5.74) is 6.08. The van der Waals surface area contributed by atoms with Crippen LogP contribution in [0.25, 0.3) is 10.1 Å². The number of halogens is 4. The van der Waals surface area contributed by atoms with Gasteiger partial charge in [-0.3, -0.25) is 4.79 Å². The van der Waals surface area contributed by atoms with Gasteiger partial charge in [0.05, 0.1) is 5.69 Å². The van der Waals surface area contributed by atoms with Gasteiger partial charge in [-0.25, -0.2) is 0 Å². The Morgan fingerprint density at radius 2 is 2.10 bits per heavy atom. The molecule has 0 unspecified atom stereocenters. The van der Waals surface area contributed by atoms with Gasteiger partial charge in [-0.2, -0.15) is 13.2 Å². The fourth-order valence-corrected chi connectivity index (χ4v) is 3.30. The number of nitrogens with two attached hydrogens (primary N) is 1. The van der Waals surface area contributed by atoms with Crippen molar-refractivity contribution < 1.29 is 18.0 Å². The van der Waals surface area contributed by atoms with Gasteiger partial charge in [-0.1, -0.05) is 11.6 Å². The SMILES string of the molecule is CCN(CC(F)(F)F)C(=O)c1sc2cc(Cl)ccc2c1N. The molecule has 0 saturated heterocycles. The quantitative estimate of drug-likeness (QED) is 0.914. The largest absolute Gasteiger partial charge is 0.406 e. The number of thiophene rings is 1. The third-order valence-corrected chi connectivity index (χ3v) is 4.32. The van der Waals surface area contributed by atoms with E-state index in [0.29, 0.717) is 15.1 Å². The van der Waals surface area contributed by atoms with Gasteiger partial charge in [0.15, 0.2) is 0 Å². The number of hydrogen-bond acceptors (Lipinski definition) is 3. The lowest BCUT2D eigenvalue weighted by Crippen LogP contribution is -2.38. The van der Waals surface area contributed by atoms with E-state index in [2.05, 4.69) is 0 Å². The van der Waals surface area contributed by atoms with E-state index in [1.54, 1.807) is 18.2 Å². The number of benzene rings is 1. The lowest BCUT2D eigenvalue weighted by Gasteiger charge is -2.21. The van der Waals surface area contributed by atoms with Crippen LogP contribution in [0, 0.1) is 0 Å². The number of nitrogen functional groups attached to an aromatic ring is 1. The van der Waals surface area contributed by atoms with Crippen LogP contribution in [0.3, 0.4) is 0 Å². The van der Waals surface area contributed by atoms with Gasteiger partial charge < -0.3 is 10.6 Å². The van der Waals surface area contributed by atoms with Crippen LogP contribution in [-0.4, -0.2) is 30.1 Å². The number of fused-ring (bicyclic) bond motifs is 1. The standard InChI is InChI=1S/C13H12ClF3N2OS/c1-2-19(6-13(15,16)17)12(20)11-10(18)8-4-3-7(14)5-9(8)21-11/h3-5H,2,6,18H2,1H3. The summed E-state index contributed by atoms with van der Waals surface area (Å²) in [5.74, 6) is -0.718. The van der Waals surface area contributed by atoms with Gasteiger partial charge in [0.1, 0.15) is 11.4 Å². The number of nitrogens with zero attached hydrogens (tertiary/aromatic N) is 1. The van der Waals surface area contributed by atoms with Crippen molar-refractivity contribution in [2.75, 3.05) is 18.8 Å². The average Bonchev–Trinajstić information content (AvgIpc) is 2.71. The number of anilines is 1. The van der Waals surface area contributed by atoms with Gasteiger partial charge in [-0.05, 0) is 25.1 Å². The van der Waals surface area contributed by atoms with Crippen LogP contribution < -0.4 is 5.73 Å². The van der Waals surface area contributed by atoms with E-state index in [4.69, 9.17) is 17.3 Å². The van der Waals surface area contributed by atoms with Crippen molar-refractivity contribution in [1.29, 1.82) is 0 Å². The lowest BCUT2D eigenvalue weighted by molar-refractivity contribution is -0.140. The Hall–Kier alpha value is -1.47. The molecule has 1 aromatic carbocycles. The molecule has 2 rings (SSSR count). The Morgan fingerprint density at radius 1 is 1.43 bits per heavy atom. The maximum atomic E-state index is 12.5. The maximum Gasteiger partial charge on any atom is 0.406 e. The number of rotatable bonds is 3. The molecule has 1 amide bonds. The minimum atomic E-state index is -4.44. The van der Waals surface area contributed by atoms with Crippen LogP contribution >= 0.6 is 22.9 Å². The van der Waals surface area contributed by atoms with E-state index >= 15 is 0 Å². The zero-order valence-corrected chi connectivity index (χ0v) is 12.6. The Morgan fingerprint density at radius 3 is 2.67 bits per heavy atom. The predicted octanol–water partition coefficient (Wildman–Crippen LogP) is 4.16. The van der Waals surface area contributed by atoms with E-state index in [0.717, 1.165) is 16.2 Å². The molecule has 0 aliphatic carbocycles. The third-order valence-electron chi connectivity index (χ3n) is 2.92. The smallest absolute Gasteiger partial charge is 0.397 e. The highest BCUT2D eigenvalue weighted by molar-refractivity contribution is 7.21. The van der Waals surface area contributed by atoms with Crippen molar-refractivity contribution in [3.8, 4) is 0 Å². The first kappa shape index (κ1) is 15.9. The lowest BCUT2D eigenvalue weighted by atomic mass is 10.2. The summed E-state index contributed by atoms with van der Waals surface area (Å²) in [6, 6.07) is 4.91. The molecule has 2 N–H and O–H groups in total. The molecule has 21 heavy (non-hydrogen) atoms. The molecule has 1 heterocycles. The Bertz CT molecular complexity index is 684. The minimum Gasteiger partial charge on any atom is -0.397 e. The second-order valence-electron chi connectivity index (χ2n) is 4.42. The summed E-state index contributed by atoms with van der Waals surface area (Å²) in [6.45, 7) is 0.146. The van der Waals surface area contributed by atoms with E-state index in [1.807, 2.05) is 0 Å². The second kappa shape index (κ2) is 5.73. The molecule has 3 nitrogen and oxygen atoms in total. The van der Waals surface area contributed by atoms with Crippen LogP contribution in [0.1, 0.15) is 16.6 Å². The first-order valence-corrected chi connectivity index (χ1v) is 7.26. The van der Waals surface area contributed by atoms with E-state index in [1.165, 1.54) is 6.92 Å². The van der Waals surface area contributed by atoms with Crippen molar-refractivity contribution >= 4 is 44.6 Å². The number of amides is 1. The molecule has 2 aromatic rings. The summed E-state index contributed by atoms with van der Waals surface area (Å²) in [6.07, 6.45) is -4.44. The molecule has 0 saturated carbocycles. The van der Waals surface area contributed by atoms with E-state index in [-0.39, 0.29) is 17.1 Å². The van der Waals surface area contributed by atoms with Gasteiger partial charge in [-0.15, -0.1) is 11.3 Å². The zero-order valence-electron chi connectivity index (χ0n) is 11.0. The maximum absolute atomic E-state index is 12.5. The molecule has 0 bridgehead atoms. The van der Waals surface area contributed by atoms with Crippen molar-refractivity contribution in [3.63, 3.8) is 0 Å². The number of alkyl halides is 3. The zero-order chi connectivity index (χ0) is 15.8. The molecule has 0 fully saturated rings. The molecule has 114 valence electrons. The summed E-state index contributed by atoms with van der Waals surface area (Å²) in [5, 5.41) is 1.10. The molecular weight excluding hydrogens is 325 g/mol. The summed E-state index contributed by atoms with van der Waals surface area (Å²) < 4.78 is 38.1. The molecule has 8 heteroatoms. The Kier molecular flexibility index (Phi) is 4.34. The topological polar surface area (TPSA) is 46.3 Å². The van der Waals surface area contributed by atoms with Crippen molar-refractivity contribution in [2.24, 2.45) is 0 Å². The van der Waals surface area contributed by atoms with Gasteiger partial charge >= 0.3 is 6.18 Å². The van der Waals surface area contributed by atoms with Crippen molar-refractivity contribution in [1.82, 2.24) is 4.90 Å². The van der Waals surface area contributed by atoms with E-state index < -0.39 is 18.6 Å². The molecular formula is C13H12ClF3N2OS. The molecule has 0 spiro atoms. The number of carbonyl (C=O) groups is 1. The highest BCUT2D eigenvalue weighted by Crippen LogP contribution is 2.36. The highest BCUT2D eigenvalue weighted by Gasteiger charge is 2.33. The fourth-order valence-electron chi connectivity index (χ4n) is 1.94. The fraction of sp³-hybridized carbons (Fsp3) is 0.308. The van der Waals surface area contributed by atoms with Crippen molar-refractivity contribution in [3.05, 3.63) is 28.1 Å². The summed E-state index contributed by atoms with van der Waals surface area (Å²) >= 11 is 6.91. The number of hydrogen-bond donors (Lipinski definition) is 1. The van der Waals surface area contributed by atoms with Crippen LogP contribution in [0.5, 0.6) is 0 Å². The van der Waals surface area contributed by atoms with Gasteiger partial charge in [0.2, 0.25) is 0 Å². The van der Waals surface area contributed by atoms with Gasteiger partial charge in [0.25, 0.3) is 5.91 Å². The third kappa shape index (κ3) is 3.41. The summed E-state index contributed by atoms with van der Waals surface area (Å²) in [7, 11) is 0. The predicted molar refractivity (Wildman–Crippen MR) is 78.9 cm³/mol. The molecule has 1 aromatic heterocycles.